The molecular weight excluding hydrogens is 289 g/mol. The number of hydrogen-bond donors (Lipinski definition) is 2. The number of nitrogens with one attached hydrogen (secondary N) is 1. The first kappa shape index (κ1) is 17.7. The highest BCUT2D eigenvalue weighted by Crippen LogP contribution is 2.20. The molecule has 1 atom stereocenters. The zero-order valence-corrected chi connectivity index (χ0v) is 12.5. The summed E-state index contributed by atoms with van der Waals surface area (Å²) in [5, 5.41) is 11.5. The van der Waals surface area contributed by atoms with Gasteiger partial charge in [-0.25, -0.2) is 9.18 Å². The van der Waals surface area contributed by atoms with Crippen LogP contribution >= 0.6 is 0 Å². The Hall–Kier alpha value is -2.37. The molecule has 0 heterocycles. The summed E-state index contributed by atoms with van der Waals surface area (Å²) >= 11 is 0. The Morgan fingerprint density at radius 3 is 2.82 bits per heavy atom. The molecule has 22 heavy (non-hydrogen) atoms. The van der Waals surface area contributed by atoms with Gasteiger partial charge in [0.2, 0.25) is 5.91 Å². The van der Waals surface area contributed by atoms with Crippen LogP contribution in [0.15, 0.2) is 30.9 Å². The van der Waals surface area contributed by atoms with Crippen molar-refractivity contribution in [3.8, 4) is 5.75 Å². The Labute approximate surface area is 128 Å². The molecule has 6 heteroatoms. The summed E-state index contributed by atoms with van der Waals surface area (Å²) in [4.78, 5) is 22.8. The van der Waals surface area contributed by atoms with E-state index in [9.17, 15) is 14.0 Å². The number of amides is 1. The molecule has 0 spiro atoms. The van der Waals surface area contributed by atoms with Crippen LogP contribution in [0.4, 0.5) is 4.39 Å². The van der Waals surface area contributed by atoms with Gasteiger partial charge in [0, 0.05) is 6.42 Å². The SMILES string of the molecule is C=CCCC(NC(=O)CCc1cccc(OC)c1F)C(=O)O. The van der Waals surface area contributed by atoms with Crippen molar-refractivity contribution in [2.75, 3.05) is 7.11 Å². The number of aliphatic carboxylic acids is 1. The molecular formula is C16H20FNO4. The first-order chi connectivity index (χ1) is 10.5. The van der Waals surface area contributed by atoms with Crippen molar-refractivity contribution in [3.05, 3.63) is 42.2 Å². The lowest BCUT2D eigenvalue weighted by atomic mass is 10.1. The Balaban J connectivity index is 2.58. The van der Waals surface area contributed by atoms with Crippen molar-refractivity contribution in [3.63, 3.8) is 0 Å². The molecule has 1 amide bonds. The average Bonchev–Trinajstić information content (AvgIpc) is 2.50. The fourth-order valence-electron chi connectivity index (χ4n) is 1.96. The fourth-order valence-corrected chi connectivity index (χ4v) is 1.96. The predicted molar refractivity (Wildman–Crippen MR) is 80.3 cm³/mol. The molecule has 1 unspecified atom stereocenters. The minimum atomic E-state index is -1.09. The number of carbonyl (C=O) groups excluding carboxylic acids is 1. The Morgan fingerprint density at radius 2 is 2.23 bits per heavy atom. The van der Waals surface area contributed by atoms with Crippen molar-refractivity contribution >= 4 is 11.9 Å². The number of carboxylic acids is 1. The summed E-state index contributed by atoms with van der Waals surface area (Å²) in [7, 11) is 1.37. The zero-order chi connectivity index (χ0) is 16.5. The first-order valence-corrected chi connectivity index (χ1v) is 6.94. The van der Waals surface area contributed by atoms with Gasteiger partial charge in [0.1, 0.15) is 6.04 Å². The lowest BCUT2D eigenvalue weighted by Gasteiger charge is -2.14. The van der Waals surface area contributed by atoms with E-state index in [0.29, 0.717) is 12.0 Å². The Bertz CT molecular complexity index is 545. The lowest BCUT2D eigenvalue weighted by Crippen LogP contribution is -2.40. The van der Waals surface area contributed by atoms with E-state index in [1.54, 1.807) is 18.2 Å². The number of aryl methyl sites for hydroxylation is 1. The van der Waals surface area contributed by atoms with E-state index in [0.717, 1.165) is 0 Å². The van der Waals surface area contributed by atoms with Crippen LogP contribution in [0.3, 0.4) is 0 Å². The third-order valence-corrected chi connectivity index (χ3v) is 3.18. The zero-order valence-electron chi connectivity index (χ0n) is 12.5. The fraction of sp³-hybridized carbons (Fsp3) is 0.375. The summed E-state index contributed by atoms with van der Waals surface area (Å²) in [6.45, 7) is 3.51. The number of benzene rings is 1. The van der Waals surface area contributed by atoms with E-state index >= 15 is 0 Å². The summed E-state index contributed by atoms with van der Waals surface area (Å²) in [6, 6.07) is 3.74. The van der Waals surface area contributed by atoms with Crippen LogP contribution in [0.1, 0.15) is 24.8 Å². The number of allylic oxidation sites excluding steroid dienone is 1. The normalized spacial score (nSPS) is 11.5. The van der Waals surface area contributed by atoms with Gasteiger partial charge in [0.15, 0.2) is 11.6 Å². The quantitative estimate of drug-likeness (QED) is 0.686. The molecule has 2 N–H and O–H groups in total. The molecule has 0 saturated carbocycles. The second-order valence-electron chi connectivity index (χ2n) is 4.76. The molecule has 0 aliphatic heterocycles. The van der Waals surface area contributed by atoms with Gasteiger partial charge in [-0.15, -0.1) is 6.58 Å². The maximum Gasteiger partial charge on any atom is 0.326 e. The number of rotatable bonds is 9. The number of carbonyl (C=O) groups is 2. The second-order valence-corrected chi connectivity index (χ2v) is 4.76. The average molecular weight is 309 g/mol. The highest BCUT2D eigenvalue weighted by molar-refractivity contribution is 5.83. The Kier molecular flexibility index (Phi) is 7.08. The number of hydrogen-bond acceptors (Lipinski definition) is 3. The van der Waals surface area contributed by atoms with E-state index in [-0.39, 0.29) is 25.0 Å². The summed E-state index contributed by atoms with van der Waals surface area (Å²) in [5.74, 6) is -1.91. The first-order valence-electron chi connectivity index (χ1n) is 6.94. The van der Waals surface area contributed by atoms with Gasteiger partial charge in [0.05, 0.1) is 7.11 Å². The van der Waals surface area contributed by atoms with Crippen molar-refractivity contribution in [2.45, 2.75) is 31.7 Å². The number of halogens is 1. The molecule has 5 nitrogen and oxygen atoms in total. The van der Waals surface area contributed by atoms with Crippen LogP contribution in [0.5, 0.6) is 5.75 Å². The summed E-state index contributed by atoms with van der Waals surface area (Å²) < 4.78 is 18.8. The minimum Gasteiger partial charge on any atom is -0.494 e. The van der Waals surface area contributed by atoms with Crippen LogP contribution in [-0.4, -0.2) is 30.1 Å². The van der Waals surface area contributed by atoms with Gasteiger partial charge in [-0.1, -0.05) is 18.2 Å². The maximum atomic E-state index is 13.9. The van der Waals surface area contributed by atoms with Crippen molar-refractivity contribution < 1.29 is 23.8 Å². The standard InChI is InChI=1S/C16H20FNO4/c1-3-4-7-12(16(20)21)18-14(19)10-9-11-6-5-8-13(22-2)15(11)17/h3,5-6,8,12H,1,4,7,9-10H2,2H3,(H,18,19)(H,20,21). The highest BCUT2D eigenvalue weighted by Gasteiger charge is 2.19. The lowest BCUT2D eigenvalue weighted by molar-refractivity contribution is -0.142. The second kappa shape index (κ2) is 8.81. The van der Waals surface area contributed by atoms with Crippen LogP contribution < -0.4 is 10.1 Å². The van der Waals surface area contributed by atoms with Crippen LogP contribution in [-0.2, 0) is 16.0 Å². The summed E-state index contributed by atoms with van der Waals surface area (Å²) in [6.07, 6.45) is 2.53. The molecule has 0 radical (unpaired) electrons. The van der Waals surface area contributed by atoms with E-state index < -0.39 is 23.7 Å². The van der Waals surface area contributed by atoms with Crippen molar-refractivity contribution in [1.29, 1.82) is 0 Å². The molecule has 1 aromatic rings. The van der Waals surface area contributed by atoms with Crippen molar-refractivity contribution in [1.82, 2.24) is 5.32 Å². The van der Waals surface area contributed by atoms with Gasteiger partial charge in [-0.05, 0) is 30.9 Å². The molecule has 0 bridgehead atoms. The third-order valence-electron chi connectivity index (χ3n) is 3.18. The van der Waals surface area contributed by atoms with Gasteiger partial charge >= 0.3 is 5.97 Å². The largest absolute Gasteiger partial charge is 0.494 e. The molecule has 0 fully saturated rings. The minimum absolute atomic E-state index is 0.00194. The molecule has 0 aliphatic carbocycles. The monoisotopic (exact) mass is 309 g/mol. The van der Waals surface area contributed by atoms with Crippen molar-refractivity contribution in [2.24, 2.45) is 0 Å². The van der Waals surface area contributed by atoms with E-state index in [1.807, 2.05) is 0 Å². The van der Waals surface area contributed by atoms with Gasteiger partial charge in [-0.3, -0.25) is 4.79 Å². The molecule has 0 saturated heterocycles. The molecule has 1 aromatic carbocycles. The van der Waals surface area contributed by atoms with Crippen LogP contribution in [0.2, 0.25) is 0 Å². The summed E-state index contributed by atoms with van der Waals surface area (Å²) in [5.41, 5.74) is 0.354. The number of ether oxygens (including phenoxy) is 1. The van der Waals surface area contributed by atoms with Gasteiger partial charge < -0.3 is 15.2 Å². The maximum absolute atomic E-state index is 13.9. The molecule has 0 aliphatic rings. The number of carboxylic acid groups (broad SMARTS) is 1. The van der Waals surface area contributed by atoms with Gasteiger partial charge in [0.25, 0.3) is 0 Å². The van der Waals surface area contributed by atoms with Crippen LogP contribution in [0.25, 0.3) is 0 Å². The van der Waals surface area contributed by atoms with E-state index in [2.05, 4.69) is 11.9 Å². The van der Waals surface area contributed by atoms with E-state index in [4.69, 9.17) is 9.84 Å². The molecule has 0 aromatic heterocycles. The highest BCUT2D eigenvalue weighted by atomic mass is 19.1. The van der Waals surface area contributed by atoms with Crippen LogP contribution in [0, 0.1) is 5.82 Å². The molecule has 1 rings (SSSR count). The predicted octanol–water partition coefficient (Wildman–Crippen LogP) is 2.30. The molecule has 120 valence electrons. The topological polar surface area (TPSA) is 75.6 Å². The van der Waals surface area contributed by atoms with Gasteiger partial charge in [-0.2, -0.15) is 0 Å². The third kappa shape index (κ3) is 5.20. The Morgan fingerprint density at radius 1 is 1.50 bits per heavy atom. The van der Waals surface area contributed by atoms with E-state index in [1.165, 1.54) is 13.2 Å². The smallest absolute Gasteiger partial charge is 0.326 e. The number of methoxy groups -OCH3 is 1.